The lowest BCUT2D eigenvalue weighted by Gasteiger charge is -2.28. The van der Waals surface area contributed by atoms with Gasteiger partial charge in [-0.3, -0.25) is 9.69 Å². The maximum Gasteiger partial charge on any atom is 0.416 e. The molecule has 4 aromatic rings. The fourth-order valence-corrected chi connectivity index (χ4v) is 4.72. The zero-order valence-corrected chi connectivity index (χ0v) is 20.5. The molecule has 0 saturated carbocycles. The third kappa shape index (κ3) is 4.36. The number of aromatic nitrogens is 4. The highest BCUT2D eigenvalue weighted by atomic mass is 19.4. The van der Waals surface area contributed by atoms with Crippen LogP contribution in [0.1, 0.15) is 27.0 Å². The van der Waals surface area contributed by atoms with E-state index in [-0.39, 0.29) is 35.5 Å². The van der Waals surface area contributed by atoms with Gasteiger partial charge in [-0.1, -0.05) is 6.07 Å². The number of benzene rings is 2. The van der Waals surface area contributed by atoms with Gasteiger partial charge in [-0.05, 0) is 53.1 Å². The summed E-state index contributed by atoms with van der Waals surface area (Å²) in [5, 5.41) is 20.8. The Bertz CT molecular complexity index is 1650. The van der Waals surface area contributed by atoms with Crippen LogP contribution in [0.25, 0.3) is 22.5 Å². The van der Waals surface area contributed by atoms with Gasteiger partial charge in [0.25, 0.3) is 5.91 Å². The first-order valence-corrected chi connectivity index (χ1v) is 12.0. The summed E-state index contributed by atoms with van der Waals surface area (Å²) >= 11 is 0. The SMILES string of the molecule is Cn1cnnc1-c1ccc(C#N)cc1-c1cc(OC2CNC2)nc(N2Cc3c(cccc3C(F)(F)F)C2=O)c1. The van der Waals surface area contributed by atoms with Gasteiger partial charge in [0.15, 0.2) is 5.82 Å². The minimum atomic E-state index is -4.61. The first-order valence-electron chi connectivity index (χ1n) is 12.0. The van der Waals surface area contributed by atoms with Gasteiger partial charge in [-0.25, -0.2) is 0 Å². The fourth-order valence-electron chi connectivity index (χ4n) is 4.72. The van der Waals surface area contributed by atoms with Crippen molar-refractivity contribution in [3.63, 3.8) is 0 Å². The highest BCUT2D eigenvalue weighted by Gasteiger charge is 2.40. The first kappa shape index (κ1) is 24.6. The third-order valence-electron chi connectivity index (χ3n) is 6.78. The van der Waals surface area contributed by atoms with Crippen LogP contribution in [-0.2, 0) is 19.8 Å². The fraction of sp³-hybridized carbons (Fsp3) is 0.222. The first-order chi connectivity index (χ1) is 18.7. The van der Waals surface area contributed by atoms with Crippen molar-refractivity contribution in [2.24, 2.45) is 7.05 Å². The molecule has 1 fully saturated rings. The average Bonchev–Trinajstić information content (AvgIpc) is 3.48. The molecule has 6 rings (SSSR count). The van der Waals surface area contributed by atoms with Crippen molar-refractivity contribution < 1.29 is 22.7 Å². The van der Waals surface area contributed by atoms with E-state index in [2.05, 4.69) is 26.6 Å². The quantitative estimate of drug-likeness (QED) is 0.416. The van der Waals surface area contributed by atoms with Crippen LogP contribution in [0, 0.1) is 11.3 Å². The van der Waals surface area contributed by atoms with Gasteiger partial charge in [0, 0.05) is 37.3 Å². The molecular formula is C27H20F3N7O2. The molecule has 0 atom stereocenters. The van der Waals surface area contributed by atoms with Crippen molar-refractivity contribution in [3.8, 4) is 34.5 Å². The molecule has 0 radical (unpaired) electrons. The Balaban J connectivity index is 1.50. The molecule has 0 spiro atoms. The third-order valence-corrected chi connectivity index (χ3v) is 6.78. The van der Waals surface area contributed by atoms with Crippen LogP contribution >= 0.6 is 0 Å². The summed E-state index contributed by atoms with van der Waals surface area (Å²) in [5.41, 5.74) is 1.24. The maximum absolute atomic E-state index is 13.7. The Labute approximate surface area is 220 Å². The number of hydrogen-bond acceptors (Lipinski definition) is 7. The molecule has 2 aromatic heterocycles. The molecule has 0 bridgehead atoms. The van der Waals surface area contributed by atoms with Crippen molar-refractivity contribution in [3.05, 3.63) is 77.1 Å². The van der Waals surface area contributed by atoms with Gasteiger partial charge < -0.3 is 14.6 Å². The predicted molar refractivity (Wildman–Crippen MR) is 134 cm³/mol. The van der Waals surface area contributed by atoms with Gasteiger partial charge >= 0.3 is 6.18 Å². The van der Waals surface area contributed by atoms with Gasteiger partial charge in [0.1, 0.15) is 18.2 Å². The van der Waals surface area contributed by atoms with Crippen LogP contribution in [0.4, 0.5) is 19.0 Å². The molecule has 2 aliphatic heterocycles. The van der Waals surface area contributed by atoms with Gasteiger partial charge in [0.2, 0.25) is 5.88 Å². The largest absolute Gasteiger partial charge is 0.472 e. The lowest BCUT2D eigenvalue weighted by Crippen LogP contribution is -2.50. The van der Waals surface area contributed by atoms with Crippen molar-refractivity contribution >= 4 is 11.7 Å². The Morgan fingerprint density at radius 3 is 2.59 bits per heavy atom. The number of halogens is 3. The van der Waals surface area contributed by atoms with Crippen molar-refractivity contribution in [2.45, 2.75) is 18.8 Å². The van der Waals surface area contributed by atoms with Crippen LogP contribution < -0.4 is 15.0 Å². The summed E-state index contributed by atoms with van der Waals surface area (Å²) in [5.74, 6) is 0.296. The zero-order chi connectivity index (χ0) is 27.3. The molecule has 2 aliphatic rings. The maximum atomic E-state index is 13.7. The normalized spacial score (nSPS) is 15.2. The van der Waals surface area contributed by atoms with Gasteiger partial charge in [-0.15, -0.1) is 10.2 Å². The molecule has 1 amide bonds. The molecule has 2 aromatic carbocycles. The molecule has 196 valence electrons. The van der Waals surface area contributed by atoms with Crippen LogP contribution in [-0.4, -0.2) is 44.8 Å². The monoisotopic (exact) mass is 531 g/mol. The molecule has 1 saturated heterocycles. The average molecular weight is 531 g/mol. The number of ether oxygens (including phenoxy) is 1. The lowest BCUT2D eigenvalue weighted by atomic mass is 9.97. The number of alkyl halides is 3. The van der Waals surface area contributed by atoms with Crippen LogP contribution in [0.3, 0.4) is 0 Å². The molecular weight excluding hydrogens is 511 g/mol. The van der Waals surface area contributed by atoms with Gasteiger partial charge in [-0.2, -0.15) is 23.4 Å². The van der Waals surface area contributed by atoms with E-state index in [1.54, 1.807) is 48.3 Å². The molecule has 0 aliphatic carbocycles. The summed E-state index contributed by atoms with van der Waals surface area (Å²) in [4.78, 5) is 19.1. The van der Waals surface area contributed by atoms with Crippen molar-refractivity contribution in [2.75, 3.05) is 18.0 Å². The van der Waals surface area contributed by atoms with Crippen molar-refractivity contribution in [1.82, 2.24) is 25.1 Å². The summed E-state index contributed by atoms with van der Waals surface area (Å²) in [6.07, 6.45) is -3.20. The van der Waals surface area contributed by atoms with E-state index < -0.39 is 17.6 Å². The summed E-state index contributed by atoms with van der Waals surface area (Å²) in [6, 6.07) is 14.1. The number of nitrogens with zero attached hydrogens (tertiary/aromatic N) is 6. The lowest BCUT2D eigenvalue weighted by molar-refractivity contribution is -0.138. The Morgan fingerprint density at radius 2 is 1.92 bits per heavy atom. The second-order valence-corrected chi connectivity index (χ2v) is 9.31. The number of nitrogens with one attached hydrogen (secondary N) is 1. The molecule has 39 heavy (non-hydrogen) atoms. The van der Waals surface area contributed by atoms with E-state index in [1.165, 1.54) is 17.0 Å². The minimum Gasteiger partial charge on any atom is -0.472 e. The second-order valence-electron chi connectivity index (χ2n) is 9.31. The van der Waals surface area contributed by atoms with E-state index in [9.17, 15) is 23.2 Å². The molecule has 12 heteroatoms. The van der Waals surface area contributed by atoms with Gasteiger partial charge in [0.05, 0.1) is 23.7 Å². The summed E-state index contributed by atoms with van der Waals surface area (Å²) < 4.78 is 48.9. The number of nitriles is 1. The minimum absolute atomic E-state index is 0.0195. The summed E-state index contributed by atoms with van der Waals surface area (Å²) in [7, 11) is 1.78. The van der Waals surface area contributed by atoms with E-state index in [1.807, 2.05) is 0 Å². The number of amides is 1. The number of fused-ring (bicyclic) bond motifs is 1. The van der Waals surface area contributed by atoms with E-state index in [0.717, 1.165) is 6.07 Å². The smallest absolute Gasteiger partial charge is 0.416 e. The topological polar surface area (TPSA) is 109 Å². The van der Waals surface area contributed by atoms with E-state index in [0.29, 0.717) is 41.2 Å². The van der Waals surface area contributed by atoms with Crippen LogP contribution in [0.15, 0.2) is 54.9 Å². The Morgan fingerprint density at radius 1 is 1.10 bits per heavy atom. The zero-order valence-electron chi connectivity index (χ0n) is 20.5. The highest BCUT2D eigenvalue weighted by molar-refractivity contribution is 6.10. The molecule has 1 N–H and O–H groups in total. The van der Waals surface area contributed by atoms with E-state index >= 15 is 0 Å². The predicted octanol–water partition coefficient (Wildman–Crippen LogP) is 3.95. The number of aryl methyl sites for hydroxylation is 1. The molecule has 4 heterocycles. The Hall–Kier alpha value is -4.76. The molecule has 9 nitrogen and oxygen atoms in total. The van der Waals surface area contributed by atoms with Crippen molar-refractivity contribution in [1.29, 1.82) is 5.26 Å². The van der Waals surface area contributed by atoms with E-state index in [4.69, 9.17) is 4.74 Å². The number of pyridine rings is 1. The number of carbonyl (C=O) groups excluding carboxylic acids is 1. The number of carbonyl (C=O) groups is 1. The van der Waals surface area contributed by atoms with Crippen LogP contribution in [0.5, 0.6) is 5.88 Å². The number of hydrogen-bond donors (Lipinski definition) is 1. The standard InChI is InChI=1S/C27H20F3N7O2/c1-36-14-33-35-25(36)18-6-5-15(10-31)7-20(18)16-8-23(34-24(9-16)39-17-11-32-12-17)37-13-21-19(26(37)38)3-2-4-22(21)27(28,29)30/h2-9,14,17,32H,11-13H2,1H3. The second kappa shape index (κ2) is 9.21. The summed E-state index contributed by atoms with van der Waals surface area (Å²) in [6.45, 7) is 0.926. The number of anilines is 1. The molecule has 0 unspecified atom stereocenters. The Kier molecular flexibility index (Phi) is 5.80. The number of rotatable bonds is 5. The highest BCUT2D eigenvalue weighted by Crippen LogP contribution is 2.40. The van der Waals surface area contributed by atoms with Crippen LogP contribution in [0.2, 0.25) is 0 Å².